The van der Waals surface area contributed by atoms with Crippen LogP contribution in [0.2, 0.25) is 16.6 Å². The maximum absolute atomic E-state index is 13.8. The van der Waals surface area contributed by atoms with Crippen molar-refractivity contribution in [3.8, 4) is 0 Å². The topological polar surface area (TPSA) is 63.2 Å². The Hall–Kier alpha value is -3.24. The van der Waals surface area contributed by atoms with E-state index in [2.05, 4.69) is 41.5 Å². The van der Waals surface area contributed by atoms with Crippen molar-refractivity contribution in [3.05, 3.63) is 138 Å². The Kier molecular flexibility index (Phi) is 13.9. The van der Waals surface area contributed by atoms with Gasteiger partial charge in [0.2, 0.25) is 0 Å². The first kappa shape index (κ1) is 38.0. The highest BCUT2D eigenvalue weighted by atomic mass is 32.2. The van der Waals surface area contributed by atoms with Crippen molar-refractivity contribution in [1.29, 1.82) is 0 Å². The molecule has 50 heavy (non-hydrogen) atoms. The molecular weight excluding hydrogens is 661 g/mol. The van der Waals surface area contributed by atoms with Gasteiger partial charge in [-0.1, -0.05) is 150 Å². The minimum atomic E-state index is -2.27. The Morgan fingerprint density at radius 2 is 1.10 bits per heavy atom. The summed E-state index contributed by atoms with van der Waals surface area (Å²) in [6.45, 7) is 14.7. The molecule has 4 aromatic carbocycles. The van der Waals surface area contributed by atoms with Gasteiger partial charge in [0.15, 0.2) is 14.4 Å². The molecule has 0 unspecified atom stereocenters. The molecule has 0 spiro atoms. The standard InChI is InChI=1S/C42H52O6SSi/c1-30(2)50(31(3)4,32(5)6)46-29-37-38(44-27-33-19-11-7-12-20-33)39(45-28-34-21-13-8-14-22-34)40(48-41(43)35-23-15-9-16-24-35)42(47-37)49-36-25-17-10-18-26-36/h7-26,30-32,37-40,42H,27-29H2,1-6H3/t37-,38-,39+,40+,42-/m1/s1. The monoisotopic (exact) mass is 712 g/mol. The molecule has 1 aliphatic heterocycles. The number of hydrogen-bond acceptors (Lipinski definition) is 7. The molecule has 0 saturated carbocycles. The van der Waals surface area contributed by atoms with E-state index in [0.717, 1.165) is 16.0 Å². The fourth-order valence-corrected chi connectivity index (χ4v) is 13.9. The van der Waals surface area contributed by atoms with Gasteiger partial charge in [-0.2, -0.15) is 0 Å². The first-order valence-corrected chi connectivity index (χ1v) is 20.8. The number of benzene rings is 4. The zero-order chi connectivity index (χ0) is 35.5. The van der Waals surface area contributed by atoms with E-state index in [1.165, 1.54) is 11.8 Å². The van der Waals surface area contributed by atoms with Crippen molar-refractivity contribution in [1.82, 2.24) is 0 Å². The maximum atomic E-state index is 13.8. The lowest BCUT2D eigenvalue weighted by Crippen LogP contribution is -2.62. The van der Waals surface area contributed by atoms with Gasteiger partial charge in [-0.15, -0.1) is 0 Å². The van der Waals surface area contributed by atoms with E-state index >= 15 is 0 Å². The summed E-state index contributed by atoms with van der Waals surface area (Å²) in [4.78, 5) is 14.8. The van der Waals surface area contributed by atoms with Gasteiger partial charge >= 0.3 is 5.97 Å². The van der Waals surface area contributed by atoms with Crippen LogP contribution in [0.1, 0.15) is 63.0 Å². The van der Waals surface area contributed by atoms with E-state index in [1.54, 1.807) is 12.1 Å². The van der Waals surface area contributed by atoms with Crippen LogP contribution in [0.25, 0.3) is 0 Å². The second-order valence-corrected chi connectivity index (χ2v) is 20.5. The van der Waals surface area contributed by atoms with Crippen LogP contribution < -0.4 is 0 Å². The molecule has 6 nitrogen and oxygen atoms in total. The molecule has 4 aromatic rings. The summed E-state index contributed by atoms with van der Waals surface area (Å²) < 4.78 is 34.3. The van der Waals surface area contributed by atoms with Crippen molar-refractivity contribution in [3.63, 3.8) is 0 Å². The third kappa shape index (κ3) is 9.54. The van der Waals surface area contributed by atoms with Crippen molar-refractivity contribution in [2.75, 3.05) is 6.61 Å². The molecule has 1 saturated heterocycles. The van der Waals surface area contributed by atoms with Crippen LogP contribution in [0.3, 0.4) is 0 Å². The number of rotatable bonds is 16. The minimum Gasteiger partial charge on any atom is -0.452 e. The molecule has 0 aromatic heterocycles. The minimum absolute atomic E-state index is 0.315. The second-order valence-electron chi connectivity index (χ2n) is 13.9. The van der Waals surface area contributed by atoms with Crippen molar-refractivity contribution in [2.45, 2.75) is 106 Å². The van der Waals surface area contributed by atoms with Crippen LogP contribution in [0.15, 0.2) is 126 Å². The molecule has 0 N–H and O–H groups in total. The van der Waals surface area contributed by atoms with E-state index in [0.29, 0.717) is 42.0 Å². The maximum Gasteiger partial charge on any atom is 0.338 e. The van der Waals surface area contributed by atoms with Crippen molar-refractivity contribution < 1.29 is 28.2 Å². The lowest BCUT2D eigenvalue weighted by molar-refractivity contribution is -0.238. The molecule has 8 heteroatoms. The number of esters is 1. The van der Waals surface area contributed by atoms with Gasteiger partial charge in [-0.3, -0.25) is 0 Å². The molecule has 5 rings (SSSR count). The largest absolute Gasteiger partial charge is 0.452 e. The zero-order valence-corrected chi connectivity index (χ0v) is 32.0. The quantitative estimate of drug-likeness (QED) is 0.0847. The van der Waals surface area contributed by atoms with Gasteiger partial charge in [0.05, 0.1) is 25.4 Å². The molecule has 1 fully saturated rings. The smallest absolute Gasteiger partial charge is 0.338 e. The number of thioether (sulfide) groups is 1. The third-order valence-electron chi connectivity index (χ3n) is 9.61. The predicted octanol–water partition coefficient (Wildman–Crippen LogP) is 10.1. The Morgan fingerprint density at radius 1 is 0.640 bits per heavy atom. The first-order valence-electron chi connectivity index (χ1n) is 17.8. The lowest BCUT2D eigenvalue weighted by atomic mass is 9.99. The predicted molar refractivity (Wildman–Crippen MR) is 204 cm³/mol. The Morgan fingerprint density at radius 3 is 1.60 bits per heavy atom. The highest BCUT2D eigenvalue weighted by molar-refractivity contribution is 7.99. The summed E-state index contributed by atoms with van der Waals surface area (Å²) >= 11 is 1.53. The average Bonchev–Trinajstić information content (AvgIpc) is 3.12. The fourth-order valence-electron chi connectivity index (χ4n) is 7.28. The zero-order valence-electron chi connectivity index (χ0n) is 30.1. The molecule has 0 amide bonds. The molecule has 0 aliphatic carbocycles. The van der Waals surface area contributed by atoms with Crippen LogP contribution in [0.5, 0.6) is 0 Å². The number of carbonyl (C=O) groups is 1. The molecular formula is C42H52O6SSi. The number of hydrogen-bond donors (Lipinski definition) is 0. The summed E-state index contributed by atoms with van der Waals surface area (Å²) in [5.74, 6) is -0.437. The third-order valence-corrected chi connectivity index (χ3v) is 16.9. The van der Waals surface area contributed by atoms with E-state index in [4.69, 9.17) is 23.4 Å². The van der Waals surface area contributed by atoms with Crippen molar-refractivity contribution in [2.24, 2.45) is 0 Å². The molecule has 266 valence electrons. The van der Waals surface area contributed by atoms with E-state index < -0.39 is 44.1 Å². The van der Waals surface area contributed by atoms with Crippen LogP contribution in [0.4, 0.5) is 0 Å². The van der Waals surface area contributed by atoms with E-state index in [-0.39, 0.29) is 0 Å². The van der Waals surface area contributed by atoms with Crippen LogP contribution in [-0.4, -0.2) is 50.7 Å². The SMILES string of the molecule is CC(C)[Si](OC[C@H]1O[C@H](Sc2ccccc2)[C@@H](OC(=O)c2ccccc2)[C@@H](OCc2ccccc2)[C@@H]1OCc1ccccc1)(C(C)C)C(C)C. The van der Waals surface area contributed by atoms with Gasteiger partial charge in [-0.25, -0.2) is 4.79 Å². The second kappa shape index (κ2) is 18.3. The normalized spacial score (nSPS) is 21.1. The Labute approximate surface area is 304 Å². The van der Waals surface area contributed by atoms with Gasteiger partial charge in [0.25, 0.3) is 0 Å². The van der Waals surface area contributed by atoms with Gasteiger partial charge < -0.3 is 23.4 Å². The molecule has 1 heterocycles. The van der Waals surface area contributed by atoms with Gasteiger partial charge in [0, 0.05) is 4.90 Å². The summed E-state index contributed by atoms with van der Waals surface area (Å²) in [6, 6.07) is 39.3. The highest BCUT2D eigenvalue weighted by Crippen LogP contribution is 2.44. The number of carbonyl (C=O) groups excluding carboxylic acids is 1. The van der Waals surface area contributed by atoms with E-state index in [9.17, 15) is 4.79 Å². The summed E-state index contributed by atoms with van der Waals surface area (Å²) in [5.41, 5.74) is 3.11. The van der Waals surface area contributed by atoms with Crippen molar-refractivity contribution >= 4 is 26.0 Å². The average molecular weight is 713 g/mol. The van der Waals surface area contributed by atoms with Crippen LogP contribution >= 0.6 is 11.8 Å². The Bertz CT molecular complexity index is 1550. The molecule has 0 radical (unpaired) electrons. The fraction of sp³-hybridized carbons (Fsp3) is 0.405. The lowest BCUT2D eigenvalue weighted by Gasteiger charge is -2.48. The first-order chi connectivity index (χ1) is 24.2. The van der Waals surface area contributed by atoms with Crippen LogP contribution in [-0.2, 0) is 36.6 Å². The summed E-state index contributed by atoms with van der Waals surface area (Å²) in [5, 5.41) is 0. The highest BCUT2D eigenvalue weighted by Gasteiger charge is 2.52. The van der Waals surface area contributed by atoms with Gasteiger partial charge in [0.1, 0.15) is 23.7 Å². The number of ether oxygens (including phenoxy) is 4. The molecule has 0 bridgehead atoms. The summed E-state index contributed by atoms with van der Waals surface area (Å²) in [7, 11) is -2.27. The van der Waals surface area contributed by atoms with Crippen LogP contribution in [0, 0.1) is 0 Å². The summed E-state index contributed by atoms with van der Waals surface area (Å²) in [6.07, 6.45) is -2.55. The Balaban J connectivity index is 1.56. The molecule has 1 aliphatic rings. The van der Waals surface area contributed by atoms with Gasteiger partial charge in [-0.05, 0) is 52.0 Å². The molecule has 5 atom stereocenters. The van der Waals surface area contributed by atoms with E-state index in [1.807, 2.05) is 109 Å².